The van der Waals surface area contributed by atoms with Crippen LogP contribution in [0.3, 0.4) is 0 Å². The third-order valence-electron chi connectivity index (χ3n) is 3.85. The minimum Gasteiger partial charge on any atom is -0.468 e. The van der Waals surface area contributed by atoms with Gasteiger partial charge >= 0.3 is 5.97 Å². The molecule has 0 bridgehead atoms. The molecule has 0 heterocycles. The molecule has 0 amide bonds. The van der Waals surface area contributed by atoms with E-state index in [1.165, 1.54) is 19.2 Å². The Morgan fingerprint density at radius 2 is 1.68 bits per heavy atom. The fourth-order valence-corrected chi connectivity index (χ4v) is 4.07. The number of carbonyl (C=O) groups is 1. The lowest BCUT2D eigenvalue weighted by Gasteiger charge is -2.23. The number of carbonyl (C=O) groups excluding carboxylic acids is 1. The summed E-state index contributed by atoms with van der Waals surface area (Å²) in [5.41, 5.74) is 2.44. The Bertz CT molecular complexity index is 850. The summed E-state index contributed by atoms with van der Waals surface area (Å²) in [5.74, 6) is -0.751. The van der Waals surface area contributed by atoms with E-state index in [9.17, 15) is 13.2 Å². The minimum atomic E-state index is -3.93. The standard InChI is InChI=1S/C18H20ClNO4S/c1-12-8-10-14(11-9-12)25(22,23)20-17(18(21)24-3)16(19)15-7-5-4-6-13(15)2/h4-11,16-17,20H,1-3H3/t16-,17-/m1/s1. The van der Waals surface area contributed by atoms with Crippen LogP contribution < -0.4 is 4.72 Å². The highest BCUT2D eigenvalue weighted by molar-refractivity contribution is 7.89. The first-order valence-corrected chi connectivity index (χ1v) is 9.54. The summed E-state index contributed by atoms with van der Waals surface area (Å²) in [5, 5.41) is -0.908. The fraction of sp³-hybridized carbons (Fsp3) is 0.278. The summed E-state index contributed by atoms with van der Waals surface area (Å²) >= 11 is 6.44. The van der Waals surface area contributed by atoms with Gasteiger partial charge in [0.2, 0.25) is 10.0 Å². The maximum absolute atomic E-state index is 12.6. The van der Waals surface area contributed by atoms with Crippen LogP contribution in [0.2, 0.25) is 0 Å². The van der Waals surface area contributed by atoms with Gasteiger partial charge in [0, 0.05) is 0 Å². The Kier molecular flexibility index (Phi) is 6.21. The van der Waals surface area contributed by atoms with Gasteiger partial charge in [0.15, 0.2) is 0 Å². The van der Waals surface area contributed by atoms with Crippen molar-refractivity contribution in [2.45, 2.75) is 30.2 Å². The van der Waals surface area contributed by atoms with Crippen LogP contribution in [0.15, 0.2) is 53.4 Å². The molecule has 0 unspecified atom stereocenters. The van der Waals surface area contributed by atoms with Gasteiger partial charge in [-0.3, -0.25) is 4.79 Å². The number of rotatable bonds is 6. The topological polar surface area (TPSA) is 72.5 Å². The molecule has 0 saturated carbocycles. The van der Waals surface area contributed by atoms with E-state index in [0.29, 0.717) is 5.56 Å². The summed E-state index contributed by atoms with van der Waals surface area (Å²) in [6.07, 6.45) is 0. The number of halogens is 1. The maximum Gasteiger partial charge on any atom is 0.325 e. The number of alkyl halides is 1. The van der Waals surface area contributed by atoms with Crippen molar-refractivity contribution in [2.24, 2.45) is 0 Å². The molecule has 7 heteroatoms. The first kappa shape index (κ1) is 19.4. The molecular formula is C18H20ClNO4S. The first-order chi connectivity index (χ1) is 11.8. The van der Waals surface area contributed by atoms with Gasteiger partial charge in [-0.2, -0.15) is 4.72 Å². The summed E-state index contributed by atoms with van der Waals surface area (Å²) in [4.78, 5) is 12.2. The van der Waals surface area contributed by atoms with Gasteiger partial charge in [0.25, 0.3) is 0 Å². The average molecular weight is 382 g/mol. The van der Waals surface area contributed by atoms with E-state index >= 15 is 0 Å². The third-order valence-corrected chi connectivity index (χ3v) is 5.79. The normalized spacial score (nSPS) is 13.9. The van der Waals surface area contributed by atoms with Gasteiger partial charge in [-0.15, -0.1) is 11.6 Å². The number of nitrogens with one attached hydrogen (secondary N) is 1. The molecule has 0 fully saturated rings. The molecule has 5 nitrogen and oxygen atoms in total. The predicted octanol–water partition coefficient (Wildman–Crippen LogP) is 3.10. The lowest BCUT2D eigenvalue weighted by atomic mass is 10.0. The smallest absolute Gasteiger partial charge is 0.325 e. The Morgan fingerprint density at radius 3 is 2.24 bits per heavy atom. The van der Waals surface area contributed by atoms with E-state index in [-0.39, 0.29) is 4.90 Å². The zero-order valence-electron chi connectivity index (χ0n) is 14.2. The van der Waals surface area contributed by atoms with E-state index in [4.69, 9.17) is 16.3 Å². The Labute approximate surface area is 153 Å². The number of ether oxygens (including phenoxy) is 1. The zero-order valence-corrected chi connectivity index (χ0v) is 15.8. The Morgan fingerprint density at radius 1 is 1.08 bits per heavy atom. The molecular weight excluding hydrogens is 362 g/mol. The number of aryl methyl sites for hydroxylation is 2. The van der Waals surface area contributed by atoms with Crippen LogP contribution in [0.1, 0.15) is 22.1 Å². The molecule has 0 aliphatic carbocycles. The highest BCUT2D eigenvalue weighted by Crippen LogP contribution is 2.29. The minimum absolute atomic E-state index is 0.0562. The molecule has 134 valence electrons. The van der Waals surface area contributed by atoms with Crippen LogP contribution in [-0.4, -0.2) is 27.5 Å². The van der Waals surface area contributed by atoms with Crippen molar-refractivity contribution in [3.05, 3.63) is 65.2 Å². The van der Waals surface area contributed by atoms with E-state index in [1.54, 1.807) is 24.3 Å². The van der Waals surface area contributed by atoms with Gasteiger partial charge in [-0.25, -0.2) is 8.42 Å². The molecule has 2 aromatic carbocycles. The average Bonchev–Trinajstić information content (AvgIpc) is 2.59. The van der Waals surface area contributed by atoms with Gasteiger partial charge in [0.1, 0.15) is 6.04 Å². The van der Waals surface area contributed by atoms with Crippen LogP contribution in [-0.2, 0) is 19.6 Å². The fourth-order valence-electron chi connectivity index (χ4n) is 2.38. The van der Waals surface area contributed by atoms with Crippen LogP contribution in [0.5, 0.6) is 0 Å². The van der Waals surface area contributed by atoms with E-state index < -0.39 is 27.4 Å². The molecule has 0 spiro atoms. The highest BCUT2D eigenvalue weighted by Gasteiger charge is 2.34. The molecule has 0 aromatic heterocycles. The number of benzene rings is 2. The van der Waals surface area contributed by atoms with Crippen LogP contribution in [0.25, 0.3) is 0 Å². The van der Waals surface area contributed by atoms with Gasteiger partial charge in [-0.05, 0) is 37.1 Å². The quantitative estimate of drug-likeness (QED) is 0.616. The molecule has 0 radical (unpaired) electrons. The van der Waals surface area contributed by atoms with E-state index in [0.717, 1.165) is 11.1 Å². The Balaban J connectivity index is 2.37. The summed E-state index contributed by atoms with van der Waals surface area (Å²) in [6, 6.07) is 12.3. The molecule has 2 rings (SSSR count). The zero-order chi connectivity index (χ0) is 18.6. The number of hydrogen-bond donors (Lipinski definition) is 1. The number of esters is 1. The molecule has 2 atom stereocenters. The summed E-state index contributed by atoms with van der Waals surface area (Å²) in [6.45, 7) is 3.70. The molecule has 0 aliphatic heterocycles. The lowest BCUT2D eigenvalue weighted by Crippen LogP contribution is -2.44. The predicted molar refractivity (Wildman–Crippen MR) is 97.1 cm³/mol. The second-order valence-corrected chi connectivity index (χ2v) is 7.88. The van der Waals surface area contributed by atoms with Crippen molar-refractivity contribution < 1.29 is 17.9 Å². The maximum atomic E-state index is 12.6. The monoisotopic (exact) mass is 381 g/mol. The van der Waals surface area contributed by atoms with Crippen molar-refractivity contribution in [1.82, 2.24) is 4.72 Å². The second kappa shape index (κ2) is 7.99. The number of methoxy groups -OCH3 is 1. The van der Waals surface area contributed by atoms with Crippen LogP contribution >= 0.6 is 11.6 Å². The summed E-state index contributed by atoms with van der Waals surface area (Å²) < 4.78 is 32.4. The van der Waals surface area contributed by atoms with Gasteiger partial charge < -0.3 is 4.74 Å². The van der Waals surface area contributed by atoms with Crippen molar-refractivity contribution in [3.8, 4) is 0 Å². The molecule has 25 heavy (non-hydrogen) atoms. The number of hydrogen-bond acceptors (Lipinski definition) is 4. The largest absolute Gasteiger partial charge is 0.468 e. The Hall–Kier alpha value is -1.89. The van der Waals surface area contributed by atoms with E-state index in [2.05, 4.69) is 4.72 Å². The molecule has 2 aromatic rings. The molecule has 0 saturated heterocycles. The van der Waals surface area contributed by atoms with Gasteiger partial charge in [-0.1, -0.05) is 42.0 Å². The van der Waals surface area contributed by atoms with Crippen LogP contribution in [0, 0.1) is 13.8 Å². The third kappa shape index (κ3) is 4.60. The van der Waals surface area contributed by atoms with Crippen molar-refractivity contribution in [2.75, 3.05) is 7.11 Å². The van der Waals surface area contributed by atoms with Crippen molar-refractivity contribution >= 4 is 27.6 Å². The molecule has 1 N–H and O–H groups in total. The van der Waals surface area contributed by atoms with E-state index in [1.807, 2.05) is 26.0 Å². The SMILES string of the molecule is COC(=O)[C@H](NS(=O)(=O)c1ccc(C)cc1)[C@H](Cl)c1ccccc1C. The summed E-state index contributed by atoms with van der Waals surface area (Å²) in [7, 11) is -2.74. The second-order valence-electron chi connectivity index (χ2n) is 5.69. The lowest BCUT2D eigenvalue weighted by molar-refractivity contribution is -0.142. The number of sulfonamides is 1. The first-order valence-electron chi connectivity index (χ1n) is 7.62. The highest BCUT2D eigenvalue weighted by atomic mass is 35.5. The molecule has 0 aliphatic rings. The van der Waals surface area contributed by atoms with Gasteiger partial charge in [0.05, 0.1) is 17.4 Å². The van der Waals surface area contributed by atoms with Crippen molar-refractivity contribution in [1.29, 1.82) is 0 Å². The van der Waals surface area contributed by atoms with Crippen LogP contribution in [0.4, 0.5) is 0 Å². The van der Waals surface area contributed by atoms with Crippen molar-refractivity contribution in [3.63, 3.8) is 0 Å².